The molecular weight excluding hydrogens is 194 g/mol. The van der Waals surface area contributed by atoms with Gasteiger partial charge in [0.25, 0.3) is 0 Å². The highest BCUT2D eigenvalue weighted by molar-refractivity contribution is 5.48. The summed E-state index contributed by atoms with van der Waals surface area (Å²) < 4.78 is 4.99. The lowest BCUT2D eigenvalue weighted by atomic mass is 10.3. The van der Waals surface area contributed by atoms with E-state index in [1.54, 1.807) is 19.4 Å². The second-order valence-corrected chi connectivity index (χ2v) is 3.31. The normalized spacial score (nSPS) is 20.8. The van der Waals surface area contributed by atoms with Gasteiger partial charge in [0.15, 0.2) is 0 Å². The average molecular weight is 207 g/mol. The summed E-state index contributed by atoms with van der Waals surface area (Å²) in [6.07, 6.45) is 1.44. The van der Waals surface area contributed by atoms with Crippen LogP contribution in [0.2, 0.25) is 0 Å². The van der Waals surface area contributed by atoms with Crippen LogP contribution in [0.3, 0.4) is 0 Å². The van der Waals surface area contributed by atoms with Gasteiger partial charge in [-0.15, -0.1) is 5.10 Å². The monoisotopic (exact) mass is 207 g/mol. The SMILES string of the molecule is C=C1CN(c2cnnc(OC)c2)NC1N. The molecule has 0 radical (unpaired) electrons. The van der Waals surface area contributed by atoms with E-state index in [1.165, 1.54) is 0 Å². The summed E-state index contributed by atoms with van der Waals surface area (Å²) >= 11 is 0. The first-order valence-electron chi connectivity index (χ1n) is 4.54. The van der Waals surface area contributed by atoms with Crippen LogP contribution in [0.4, 0.5) is 5.69 Å². The number of nitrogens with one attached hydrogen (secondary N) is 1. The fraction of sp³-hybridized carbons (Fsp3) is 0.333. The van der Waals surface area contributed by atoms with Crippen LogP contribution in [0, 0.1) is 0 Å². The van der Waals surface area contributed by atoms with E-state index in [2.05, 4.69) is 22.2 Å². The number of rotatable bonds is 2. The van der Waals surface area contributed by atoms with Crippen molar-refractivity contribution in [2.75, 3.05) is 18.7 Å². The Bertz CT molecular complexity index is 381. The number of nitrogens with two attached hydrogens (primary N) is 1. The van der Waals surface area contributed by atoms with E-state index in [-0.39, 0.29) is 6.17 Å². The standard InChI is InChI=1S/C9H13N5O/c1-6-5-14(13-9(6)10)7-3-8(15-2)12-11-4-7/h3-4,9,13H,1,5,10H2,2H3. The lowest BCUT2D eigenvalue weighted by molar-refractivity contribution is 0.392. The van der Waals surface area contributed by atoms with Crippen LogP contribution in [0.5, 0.6) is 5.88 Å². The number of methoxy groups -OCH3 is 1. The minimum Gasteiger partial charge on any atom is -0.480 e. The maximum absolute atomic E-state index is 5.76. The van der Waals surface area contributed by atoms with E-state index in [4.69, 9.17) is 10.5 Å². The summed E-state index contributed by atoms with van der Waals surface area (Å²) in [5.74, 6) is 0.473. The van der Waals surface area contributed by atoms with Gasteiger partial charge in [-0.25, -0.2) is 5.43 Å². The number of hydrogen-bond acceptors (Lipinski definition) is 6. The second-order valence-electron chi connectivity index (χ2n) is 3.31. The molecule has 1 atom stereocenters. The van der Waals surface area contributed by atoms with Crippen molar-refractivity contribution < 1.29 is 4.74 Å². The second kappa shape index (κ2) is 3.84. The molecular formula is C9H13N5O. The third kappa shape index (κ3) is 1.90. The van der Waals surface area contributed by atoms with Crippen molar-refractivity contribution in [3.63, 3.8) is 0 Å². The Morgan fingerprint density at radius 1 is 1.73 bits per heavy atom. The molecule has 6 nitrogen and oxygen atoms in total. The summed E-state index contributed by atoms with van der Waals surface area (Å²) in [7, 11) is 1.55. The lowest BCUT2D eigenvalue weighted by Gasteiger charge is -2.17. The van der Waals surface area contributed by atoms with Gasteiger partial charge in [-0.05, 0) is 5.57 Å². The van der Waals surface area contributed by atoms with E-state index >= 15 is 0 Å². The number of hydrazine groups is 1. The molecule has 1 aliphatic heterocycles. The molecule has 2 heterocycles. The Morgan fingerprint density at radius 2 is 2.53 bits per heavy atom. The molecule has 15 heavy (non-hydrogen) atoms. The van der Waals surface area contributed by atoms with Gasteiger partial charge in [0, 0.05) is 6.07 Å². The van der Waals surface area contributed by atoms with Crippen LogP contribution in [-0.4, -0.2) is 30.0 Å². The molecule has 3 N–H and O–H groups in total. The Balaban J connectivity index is 2.19. The molecule has 2 rings (SSSR count). The molecule has 1 aliphatic rings. The maximum atomic E-state index is 5.76. The van der Waals surface area contributed by atoms with E-state index < -0.39 is 0 Å². The predicted molar refractivity (Wildman–Crippen MR) is 56.2 cm³/mol. The highest BCUT2D eigenvalue weighted by Crippen LogP contribution is 2.20. The quantitative estimate of drug-likeness (QED) is 0.646. The lowest BCUT2D eigenvalue weighted by Crippen LogP contribution is -2.40. The smallest absolute Gasteiger partial charge is 0.235 e. The fourth-order valence-corrected chi connectivity index (χ4v) is 1.36. The van der Waals surface area contributed by atoms with Gasteiger partial charge < -0.3 is 15.5 Å². The molecule has 1 unspecified atom stereocenters. The van der Waals surface area contributed by atoms with Crippen LogP contribution in [0.25, 0.3) is 0 Å². The van der Waals surface area contributed by atoms with Crippen molar-refractivity contribution in [3.8, 4) is 5.88 Å². The Labute approximate surface area is 87.7 Å². The minimum absolute atomic E-state index is 0.204. The first-order chi connectivity index (χ1) is 7.20. The molecule has 0 aliphatic carbocycles. The van der Waals surface area contributed by atoms with Crippen LogP contribution in [0.15, 0.2) is 24.4 Å². The topological polar surface area (TPSA) is 76.3 Å². The summed E-state index contributed by atoms with van der Waals surface area (Å²) in [4.78, 5) is 0. The Hall–Kier alpha value is -1.66. The van der Waals surface area contributed by atoms with Crippen LogP contribution < -0.4 is 20.9 Å². The highest BCUT2D eigenvalue weighted by Gasteiger charge is 2.22. The largest absolute Gasteiger partial charge is 0.480 e. The molecule has 6 heteroatoms. The van der Waals surface area contributed by atoms with E-state index in [1.807, 2.05) is 5.01 Å². The number of nitrogens with zero attached hydrogens (tertiary/aromatic N) is 3. The van der Waals surface area contributed by atoms with Crippen molar-refractivity contribution >= 4 is 5.69 Å². The van der Waals surface area contributed by atoms with Gasteiger partial charge in [-0.1, -0.05) is 6.58 Å². The molecule has 1 aromatic heterocycles. The van der Waals surface area contributed by atoms with E-state index in [9.17, 15) is 0 Å². The minimum atomic E-state index is -0.204. The molecule has 0 spiro atoms. The number of ether oxygens (including phenoxy) is 1. The van der Waals surface area contributed by atoms with Crippen LogP contribution >= 0.6 is 0 Å². The summed E-state index contributed by atoms with van der Waals surface area (Å²) in [6.45, 7) is 4.52. The zero-order valence-electron chi connectivity index (χ0n) is 8.47. The van der Waals surface area contributed by atoms with Crippen molar-refractivity contribution in [1.29, 1.82) is 0 Å². The first-order valence-corrected chi connectivity index (χ1v) is 4.54. The number of aromatic nitrogens is 2. The summed E-state index contributed by atoms with van der Waals surface area (Å²) in [5, 5.41) is 9.48. The molecule has 0 saturated carbocycles. The van der Waals surface area contributed by atoms with Crippen LogP contribution in [0.1, 0.15) is 0 Å². The molecule has 80 valence electrons. The van der Waals surface area contributed by atoms with Crippen molar-refractivity contribution in [2.24, 2.45) is 5.73 Å². The van der Waals surface area contributed by atoms with Gasteiger partial charge in [-0.2, -0.15) is 5.10 Å². The fourth-order valence-electron chi connectivity index (χ4n) is 1.36. The summed E-state index contributed by atoms with van der Waals surface area (Å²) in [5.41, 5.74) is 10.6. The van der Waals surface area contributed by atoms with Crippen molar-refractivity contribution in [1.82, 2.24) is 15.6 Å². The van der Waals surface area contributed by atoms with Gasteiger partial charge in [0.2, 0.25) is 5.88 Å². The zero-order chi connectivity index (χ0) is 10.8. The van der Waals surface area contributed by atoms with E-state index in [0.29, 0.717) is 12.4 Å². The third-order valence-corrected chi connectivity index (χ3v) is 2.23. The Kier molecular flexibility index (Phi) is 2.53. The van der Waals surface area contributed by atoms with E-state index in [0.717, 1.165) is 11.3 Å². The van der Waals surface area contributed by atoms with Crippen molar-refractivity contribution in [3.05, 3.63) is 24.4 Å². The molecule has 0 amide bonds. The molecule has 0 aromatic carbocycles. The first kappa shape index (κ1) is 9.88. The molecule has 1 fully saturated rings. The van der Waals surface area contributed by atoms with Crippen molar-refractivity contribution in [2.45, 2.75) is 6.17 Å². The average Bonchev–Trinajstić information content (AvgIpc) is 2.59. The highest BCUT2D eigenvalue weighted by atomic mass is 16.5. The van der Waals surface area contributed by atoms with Gasteiger partial charge in [-0.3, -0.25) is 0 Å². The van der Waals surface area contributed by atoms with Gasteiger partial charge in [0.05, 0.1) is 31.7 Å². The molecule has 1 saturated heterocycles. The predicted octanol–water partition coefficient (Wildman–Crippen LogP) is -0.349. The molecule has 1 aromatic rings. The Morgan fingerprint density at radius 3 is 3.13 bits per heavy atom. The zero-order valence-corrected chi connectivity index (χ0v) is 8.47. The summed E-state index contributed by atoms with van der Waals surface area (Å²) in [6, 6.07) is 1.78. The molecule has 0 bridgehead atoms. The maximum Gasteiger partial charge on any atom is 0.235 e. The number of hydrogen-bond donors (Lipinski definition) is 2. The van der Waals surface area contributed by atoms with Crippen LogP contribution in [-0.2, 0) is 0 Å². The third-order valence-electron chi connectivity index (χ3n) is 2.23. The van der Waals surface area contributed by atoms with Gasteiger partial charge in [0.1, 0.15) is 0 Å². The van der Waals surface area contributed by atoms with Gasteiger partial charge >= 0.3 is 0 Å². The number of anilines is 1.